The Balaban J connectivity index is 2.10. The Hall–Kier alpha value is -2.00. The molecule has 3 rings (SSSR count). The lowest BCUT2D eigenvalue weighted by Gasteiger charge is -2.04. The Bertz CT molecular complexity index is 801. The van der Waals surface area contributed by atoms with E-state index in [9.17, 15) is 4.79 Å². The number of imidazole rings is 1. The molecule has 1 N–H and O–H groups in total. The van der Waals surface area contributed by atoms with Crippen LogP contribution in [0.2, 0.25) is 5.02 Å². The van der Waals surface area contributed by atoms with Gasteiger partial charge in [0, 0.05) is 5.02 Å². The van der Waals surface area contributed by atoms with E-state index in [0.29, 0.717) is 11.6 Å². The molecule has 0 radical (unpaired) electrons. The van der Waals surface area contributed by atoms with Gasteiger partial charge in [-0.05, 0) is 42.3 Å². The van der Waals surface area contributed by atoms with E-state index in [1.54, 1.807) is 4.57 Å². The Morgan fingerprint density at radius 3 is 2.84 bits per heavy atom. The molecule has 0 saturated carbocycles. The summed E-state index contributed by atoms with van der Waals surface area (Å²) >= 11 is 5.97. The molecule has 0 saturated heterocycles. The van der Waals surface area contributed by atoms with Crippen molar-refractivity contribution in [1.82, 2.24) is 9.55 Å². The lowest BCUT2D eigenvalue weighted by molar-refractivity contribution is 0.787. The van der Waals surface area contributed by atoms with Crippen LogP contribution >= 0.6 is 11.6 Å². The van der Waals surface area contributed by atoms with Crippen molar-refractivity contribution in [2.24, 2.45) is 0 Å². The number of nitrogens with zero attached hydrogens (tertiary/aromatic N) is 1. The van der Waals surface area contributed by atoms with Gasteiger partial charge in [-0.1, -0.05) is 29.8 Å². The summed E-state index contributed by atoms with van der Waals surface area (Å²) in [4.78, 5) is 14.9. The Labute approximate surface area is 115 Å². The van der Waals surface area contributed by atoms with E-state index in [1.165, 1.54) is 0 Å². The largest absolute Gasteiger partial charge is 0.326 e. The first-order chi connectivity index (χ1) is 9.13. The first-order valence-corrected chi connectivity index (χ1v) is 6.45. The molecule has 96 valence electrons. The SMILES string of the molecule is Cc1ccc2c(c1)[nH]c(=O)n2Cc1cccc(Cl)c1. The zero-order valence-electron chi connectivity index (χ0n) is 10.5. The summed E-state index contributed by atoms with van der Waals surface area (Å²) in [6.45, 7) is 2.52. The highest BCUT2D eigenvalue weighted by atomic mass is 35.5. The molecule has 19 heavy (non-hydrogen) atoms. The first kappa shape index (κ1) is 12.1. The zero-order valence-corrected chi connectivity index (χ0v) is 11.2. The minimum absolute atomic E-state index is 0.0967. The van der Waals surface area contributed by atoms with Crippen LogP contribution in [0, 0.1) is 6.92 Å². The normalized spacial score (nSPS) is 11.1. The molecule has 0 aliphatic carbocycles. The van der Waals surface area contributed by atoms with Crippen LogP contribution in [0.1, 0.15) is 11.1 Å². The van der Waals surface area contributed by atoms with Crippen molar-refractivity contribution in [3.8, 4) is 0 Å². The van der Waals surface area contributed by atoms with Gasteiger partial charge in [0.05, 0.1) is 17.6 Å². The van der Waals surface area contributed by atoms with E-state index in [2.05, 4.69) is 4.98 Å². The summed E-state index contributed by atoms with van der Waals surface area (Å²) < 4.78 is 1.72. The van der Waals surface area contributed by atoms with Crippen molar-refractivity contribution in [3.63, 3.8) is 0 Å². The van der Waals surface area contributed by atoms with Gasteiger partial charge in [-0.3, -0.25) is 4.57 Å². The lowest BCUT2D eigenvalue weighted by Crippen LogP contribution is -2.17. The van der Waals surface area contributed by atoms with Crippen LogP contribution in [0.25, 0.3) is 11.0 Å². The highest BCUT2D eigenvalue weighted by Gasteiger charge is 2.07. The number of rotatable bonds is 2. The molecule has 0 spiro atoms. The van der Waals surface area contributed by atoms with Crippen molar-refractivity contribution in [3.05, 3.63) is 69.1 Å². The lowest BCUT2D eigenvalue weighted by atomic mass is 10.2. The van der Waals surface area contributed by atoms with Crippen molar-refractivity contribution >= 4 is 22.6 Å². The van der Waals surface area contributed by atoms with Crippen molar-refractivity contribution in [1.29, 1.82) is 0 Å². The van der Waals surface area contributed by atoms with Crippen LogP contribution in [0.3, 0.4) is 0 Å². The topological polar surface area (TPSA) is 37.8 Å². The average molecular weight is 273 g/mol. The number of aromatic amines is 1. The summed E-state index contributed by atoms with van der Waals surface area (Å²) in [5, 5.41) is 0.682. The Morgan fingerprint density at radius 1 is 1.21 bits per heavy atom. The molecule has 2 aromatic carbocycles. The van der Waals surface area contributed by atoms with Crippen LogP contribution in [0.15, 0.2) is 47.3 Å². The van der Waals surface area contributed by atoms with Crippen molar-refractivity contribution < 1.29 is 0 Å². The molecule has 0 aliphatic rings. The molecule has 3 nitrogen and oxygen atoms in total. The fourth-order valence-corrected chi connectivity index (χ4v) is 2.47. The summed E-state index contributed by atoms with van der Waals surface area (Å²) in [6, 6.07) is 13.5. The second kappa shape index (κ2) is 4.59. The number of halogens is 1. The summed E-state index contributed by atoms with van der Waals surface area (Å²) in [7, 11) is 0. The maximum Gasteiger partial charge on any atom is 0.326 e. The maximum atomic E-state index is 12.0. The van der Waals surface area contributed by atoms with Gasteiger partial charge < -0.3 is 4.98 Å². The molecule has 0 aliphatic heterocycles. The van der Waals surface area contributed by atoms with Gasteiger partial charge in [0.1, 0.15) is 0 Å². The number of fused-ring (bicyclic) bond motifs is 1. The van der Waals surface area contributed by atoms with Crippen LogP contribution < -0.4 is 5.69 Å². The summed E-state index contributed by atoms with van der Waals surface area (Å²) in [5.74, 6) is 0. The minimum atomic E-state index is -0.0967. The van der Waals surface area contributed by atoms with E-state index < -0.39 is 0 Å². The number of benzene rings is 2. The number of hydrogen-bond donors (Lipinski definition) is 1. The van der Waals surface area contributed by atoms with Crippen molar-refractivity contribution in [2.75, 3.05) is 0 Å². The minimum Gasteiger partial charge on any atom is -0.306 e. The number of hydrogen-bond acceptors (Lipinski definition) is 1. The standard InChI is InChI=1S/C15H13ClN2O/c1-10-5-6-14-13(7-10)17-15(19)18(14)9-11-3-2-4-12(16)8-11/h2-8H,9H2,1H3,(H,17,19). The van der Waals surface area contributed by atoms with E-state index in [1.807, 2.05) is 49.4 Å². The number of nitrogens with one attached hydrogen (secondary N) is 1. The fourth-order valence-electron chi connectivity index (χ4n) is 2.25. The van der Waals surface area contributed by atoms with Gasteiger partial charge in [-0.25, -0.2) is 4.79 Å². The molecule has 1 aromatic heterocycles. The highest BCUT2D eigenvalue weighted by molar-refractivity contribution is 6.30. The van der Waals surface area contributed by atoms with Gasteiger partial charge in [-0.15, -0.1) is 0 Å². The van der Waals surface area contributed by atoms with Gasteiger partial charge in [0.2, 0.25) is 0 Å². The molecular formula is C15H13ClN2O. The summed E-state index contributed by atoms with van der Waals surface area (Å²) in [5.41, 5.74) is 3.82. The van der Waals surface area contributed by atoms with E-state index in [-0.39, 0.29) is 5.69 Å². The molecule has 0 fully saturated rings. The Kier molecular flexibility index (Phi) is 2.91. The predicted molar refractivity (Wildman–Crippen MR) is 77.8 cm³/mol. The predicted octanol–water partition coefficient (Wildman–Crippen LogP) is 3.34. The fraction of sp³-hybridized carbons (Fsp3) is 0.133. The smallest absolute Gasteiger partial charge is 0.306 e. The van der Waals surface area contributed by atoms with Crippen molar-refractivity contribution in [2.45, 2.75) is 13.5 Å². The van der Waals surface area contributed by atoms with E-state index in [4.69, 9.17) is 11.6 Å². The second-order valence-corrected chi connectivity index (χ2v) is 5.10. The summed E-state index contributed by atoms with van der Waals surface area (Å²) in [6.07, 6.45) is 0. The molecule has 0 bridgehead atoms. The van der Waals surface area contributed by atoms with Gasteiger partial charge in [-0.2, -0.15) is 0 Å². The maximum absolute atomic E-state index is 12.0. The third-order valence-electron chi connectivity index (χ3n) is 3.16. The first-order valence-electron chi connectivity index (χ1n) is 6.07. The van der Waals surface area contributed by atoms with Crippen LogP contribution in [-0.2, 0) is 6.54 Å². The average Bonchev–Trinajstić information content (AvgIpc) is 2.65. The highest BCUT2D eigenvalue weighted by Crippen LogP contribution is 2.15. The number of H-pyrrole nitrogens is 1. The van der Waals surface area contributed by atoms with Gasteiger partial charge in [0.15, 0.2) is 0 Å². The molecule has 0 unspecified atom stereocenters. The van der Waals surface area contributed by atoms with Crippen LogP contribution in [-0.4, -0.2) is 9.55 Å². The van der Waals surface area contributed by atoms with Gasteiger partial charge in [0.25, 0.3) is 0 Å². The number of aryl methyl sites for hydroxylation is 1. The molecule has 0 amide bonds. The third kappa shape index (κ3) is 2.29. The molecule has 3 aromatic rings. The second-order valence-electron chi connectivity index (χ2n) is 4.67. The van der Waals surface area contributed by atoms with E-state index in [0.717, 1.165) is 22.2 Å². The quantitative estimate of drug-likeness (QED) is 0.763. The number of aromatic nitrogens is 2. The molecular weight excluding hydrogens is 260 g/mol. The monoisotopic (exact) mass is 272 g/mol. The molecule has 1 heterocycles. The molecule has 0 atom stereocenters. The van der Waals surface area contributed by atoms with Gasteiger partial charge >= 0.3 is 5.69 Å². The zero-order chi connectivity index (χ0) is 13.4. The van der Waals surface area contributed by atoms with E-state index >= 15 is 0 Å². The Morgan fingerprint density at radius 2 is 2.05 bits per heavy atom. The van der Waals surface area contributed by atoms with Crippen LogP contribution in [0.4, 0.5) is 0 Å². The van der Waals surface area contributed by atoms with Crippen LogP contribution in [0.5, 0.6) is 0 Å². The third-order valence-corrected chi connectivity index (χ3v) is 3.39. The molecule has 4 heteroatoms.